The van der Waals surface area contributed by atoms with E-state index in [1.54, 1.807) is 0 Å². The first-order chi connectivity index (χ1) is 7.24. The summed E-state index contributed by atoms with van der Waals surface area (Å²) in [6.07, 6.45) is 0. The third kappa shape index (κ3) is 2.99. The summed E-state index contributed by atoms with van der Waals surface area (Å²) in [6.45, 7) is 2.81. The highest BCUT2D eigenvalue weighted by atomic mass is 127. The second-order valence-electron chi connectivity index (χ2n) is 3.43. The molecule has 1 aromatic heterocycles. The maximum Gasteiger partial charge on any atom is 0.164 e. The molecule has 1 aromatic carbocycles. The summed E-state index contributed by atoms with van der Waals surface area (Å²) in [4.78, 5) is 0. The van der Waals surface area contributed by atoms with Crippen LogP contribution in [0.15, 0.2) is 40.8 Å². The minimum Gasteiger partial charge on any atom is -0.454 e. The van der Waals surface area contributed by atoms with Crippen LogP contribution in [0, 0.1) is 10.7 Å². The highest BCUT2D eigenvalue weighted by Crippen LogP contribution is 2.13. The summed E-state index contributed by atoms with van der Waals surface area (Å²) < 4.78 is 6.38. The van der Waals surface area contributed by atoms with Crippen molar-refractivity contribution in [2.24, 2.45) is 0 Å². The standard InChI is InChI=1S/C12H12INO/c1-9-2-4-10(5-3-9)14-8-11-6-7-12(13)15-11/h2-7,14H,8H2,1H3. The first-order valence-electron chi connectivity index (χ1n) is 4.79. The quantitative estimate of drug-likeness (QED) is 0.872. The zero-order chi connectivity index (χ0) is 10.7. The number of nitrogens with one attached hydrogen (secondary N) is 1. The minimum absolute atomic E-state index is 0.728. The molecular weight excluding hydrogens is 301 g/mol. The maximum absolute atomic E-state index is 5.45. The van der Waals surface area contributed by atoms with E-state index >= 15 is 0 Å². The van der Waals surface area contributed by atoms with Crippen LogP contribution in [0.25, 0.3) is 0 Å². The number of anilines is 1. The number of benzene rings is 1. The molecule has 0 atom stereocenters. The number of halogens is 1. The van der Waals surface area contributed by atoms with Gasteiger partial charge in [0.25, 0.3) is 0 Å². The zero-order valence-corrected chi connectivity index (χ0v) is 10.6. The monoisotopic (exact) mass is 313 g/mol. The average molecular weight is 313 g/mol. The van der Waals surface area contributed by atoms with Crippen molar-refractivity contribution in [3.8, 4) is 0 Å². The van der Waals surface area contributed by atoms with Gasteiger partial charge in [-0.25, -0.2) is 0 Å². The highest BCUT2D eigenvalue weighted by molar-refractivity contribution is 14.1. The van der Waals surface area contributed by atoms with E-state index in [9.17, 15) is 0 Å². The summed E-state index contributed by atoms with van der Waals surface area (Å²) in [5, 5.41) is 3.30. The molecule has 0 saturated heterocycles. The predicted octanol–water partition coefficient (Wildman–Crippen LogP) is 3.80. The van der Waals surface area contributed by atoms with E-state index in [0.717, 1.165) is 21.8 Å². The lowest BCUT2D eigenvalue weighted by molar-refractivity contribution is 0.493. The smallest absolute Gasteiger partial charge is 0.164 e. The number of aryl methyl sites for hydroxylation is 1. The maximum atomic E-state index is 5.45. The van der Waals surface area contributed by atoms with Gasteiger partial charge in [0.1, 0.15) is 5.76 Å². The molecule has 0 aliphatic rings. The van der Waals surface area contributed by atoms with Gasteiger partial charge in [0.2, 0.25) is 0 Å². The highest BCUT2D eigenvalue weighted by Gasteiger charge is 1.98. The molecule has 1 heterocycles. The van der Waals surface area contributed by atoms with E-state index in [-0.39, 0.29) is 0 Å². The fourth-order valence-electron chi connectivity index (χ4n) is 1.31. The van der Waals surface area contributed by atoms with Crippen LogP contribution >= 0.6 is 22.6 Å². The molecule has 0 saturated carbocycles. The number of hydrogen-bond donors (Lipinski definition) is 1. The number of furan rings is 1. The van der Waals surface area contributed by atoms with Crippen LogP contribution in [0.5, 0.6) is 0 Å². The normalized spacial score (nSPS) is 10.3. The lowest BCUT2D eigenvalue weighted by Gasteiger charge is -2.04. The van der Waals surface area contributed by atoms with Crippen LogP contribution in [0.1, 0.15) is 11.3 Å². The summed E-state index contributed by atoms with van der Waals surface area (Å²) in [7, 11) is 0. The van der Waals surface area contributed by atoms with Gasteiger partial charge < -0.3 is 9.73 Å². The Labute approximate surface area is 103 Å². The Morgan fingerprint density at radius 1 is 1.13 bits per heavy atom. The van der Waals surface area contributed by atoms with Crippen molar-refractivity contribution in [3.05, 3.63) is 51.5 Å². The molecule has 2 nitrogen and oxygen atoms in total. The van der Waals surface area contributed by atoms with Crippen molar-refractivity contribution in [1.29, 1.82) is 0 Å². The van der Waals surface area contributed by atoms with Gasteiger partial charge in [0.05, 0.1) is 6.54 Å². The van der Waals surface area contributed by atoms with Crippen LogP contribution < -0.4 is 5.32 Å². The third-order valence-corrected chi connectivity index (χ3v) is 2.73. The van der Waals surface area contributed by atoms with E-state index in [0.29, 0.717) is 0 Å². The van der Waals surface area contributed by atoms with E-state index in [2.05, 4.69) is 59.1 Å². The summed E-state index contributed by atoms with van der Waals surface area (Å²) in [5.41, 5.74) is 2.39. The Kier molecular flexibility index (Phi) is 3.30. The molecule has 1 N–H and O–H groups in total. The van der Waals surface area contributed by atoms with Gasteiger partial charge in [0.15, 0.2) is 3.77 Å². The molecule has 15 heavy (non-hydrogen) atoms. The molecule has 2 aromatic rings. The molecule has 0 bridgehead atoms. The van der Waals surface area contributed by atoms with Gasteiger partial charge in [-0.15, -0.1) is 0 Å². The van der Waals surface area contributed by atoms with Crippen LogP contribution in [0.3, 0.4) is 0 Å². The molecule has 2 rings (SSSR count). The van der Waals surface area contributed by atoms with Crippen molar-refractivity contribution >= 4 is 28.3 Å². The average Bonchev–Trinajstić information content (AvgIpc) is 2.64. The summed E-state index contributed by atoms with van der Waals surface area (Å²) in [5.74, 6) is 0.958. The predicted molar refractivity (Wildman–Crippen MR) is 69.9 cm³/mol. The van der Waals surface area contributed by atoms with Crippen molar-refractivity contribution in [2.45, 2.75) is 13.5 Å². The van der Waals surface area contributed by atoms with E-state index in [1.165, 1.54) is 5.56 Å². The molecule has 0 amide bonds. The van der Waals surface area contributed by atoms with Crippen molar-refractivity contribution < 1.29 is 4.42 Å². The Hall–Kier alpha value is -0.970. The minimum atomic E-state index is 0.728. The second kappa shape index (κ2) is 4.70. The first kappa shape index (κ1) is 10.5. The van der Waals surface area contributed by atoms with Gasteiger partial charge >= 0.3 is 0 Å². The molecule has 3 heteroatoms. The molecule has 0 unspecified atom stereocenters. The fourth-order valence-corrected chi connectivity index (χ4v) is 1.77. The van der Waals surface area contributed by atoms with Crippen LogP contribution in [0.2, 0.25) is 0 Å². The molecule has 0 aliphatic heterocycles. The molecule has 0 spiro atoms. The van der Waals surface area contributed by atoms with E-state index in [4.69, 9.17) is 4.42 Å². The zero-order valence-electron chi connectivity index (χ0n) is 8.46. The van der Waals surface area contributed by atoms with Crippen molar-refractivity contribution in [3.63, 3.8) is 0 Å². The Morgan fingerprint density at radius 3 is 2.47 bits per heavy atom. The van der Waals surface area contributed by atoms with Crippen molar-refractivity contribution in [1.82, 2.24) is 0 Å². The summed E-state index contributed by atoms with van der Waals surface area (Å²) >= 11 is 2.16. The molecule has 0 fully saturated rings. The van der Waals surface area contributed by atoms with Crippen molar-refractivity contribution in [2.75, 3.05) is 5.32 Å². The van der Waals surface area contributed by atoms with Gasteiger partial charge in [-0.1, -0.05) is 17.7 Å². The molecule has 0 radical (unpaired) electrons. The first-order valence-corrected chi connectivity index (χ1v) is 5.87. The SMILES string of the molecule is Cc1ccc(NCc2ccc(I)o2)cc1. The van der Waals surface area contributed by atoms with E-state index < -0.39 is 0 Å². The Morgan fingerprint density at radius 2 is 1.87 bits per heavy atom. The van der Waals surface area contributed by atoms with Crippen LogP contribution in [-0.2, 0) is 6.54 Å². The lowest BCUT2D eigenvalue weighted by Crippen LogP contribution is -1.97. The van der Waals surface area contributed by atoms with E-state index in [1.807, 2.05) is 12.1 Å². The number of hydrogen-bond acceptors (Lipinski definition) is 2. The second-order valence-corrected chi connectivity index (χ2v) is 4.49. The molecule has 0 aliphatic carbocycles. The third-order valence-electron chi connectivity index (χ3n) is 2.15. The topological polar surface area (TPSA) is 25.2 Å². The molecular formula is C12H12INO. The molecule has 78 valence electrons. The summed E-state index contributed by atoms with van der Waals surface area (Å²) in [6, 6.07) is 12.3. The lowest BCUT2D eigenvalue weighted by atomic mass is 10.2. The van der Waals surface area contributed by atoms with Gasteiger partial charge in [-0.2, -0.15) is 0 Å². The Bertz CT molecular complexity index is 433. The van der Waals surface area contributed by atoms with Crippen LogP contribution in [0.4, 0.5) is 5.69 Å². The number of rotatable bonds is 3. The Balaban J connectivity index is 1.96. The fraction of sp³-hybridized carbons (Fsp3) is 0.167. The van der Waals surface area contributed by atoms with Gasteiger partial charge in [-0.05, 0) is 53.8 Å². The van der Waals surface area contributed by atoms with Gasteiger partial charge in [0, 0.05) is 5.69 Å². The van der Waals surface area contributed by atoms with Crippen LogP contribution in [-0.4, -0.2) is 0 Å². The largest absolute Gasteiger partial charge is 0.454 e. The van der Waals surface area contributed by atoms with Gasteiger partial charge in [-0.3, -0.25) is 0 Å².